The number of rotatable bonds is 4. The summed E-state index contributed by atoms with van der Waals surface area (Å²) in [6.07, 6.45) is 1.82. The molecule has 90 valence electrons. The topological polar surface area (TPSA) is 37.8 Å². The summed E-state index contributed by atoms with van der Waals surface area (Å²) in [5.74, 6) is 0. The first kappa shape index (κ1) is 11.3. The highest BCUT2D eigenvalue weighted by Gasteiger charge is 1.98. The fraction of sp³-hybridized carbons (Fsp3) is 0.143. The maximum absolute atomic E-state index is 4.31. The molecule has 1 N–H and O–H groups in total. The molecule has 3 nitrogen and oxygen atoms in total. The molecule has 18 heavy (non-hydrogen) atoms. The van der Waals surface area contributed by atoms with E-state index in [-0.39, 0.29) is 0 Å². The number of hydrogen-bond acceptors (Lipinski definition) is 4. The Labute approximate surface area is 110 Å². The summed E-state index contributed by atoms with van der Waals surface area (Å²) in [5.41, 5.74) is 5.27. The molecule has 3 rings (SSSR count). The minimum atomic E-state index is 0.814. The van der Waals surface area contributed by atoms with Crippen LogP contribution >= 0.6 is 11.3 Å². The van der Waals surface area contributed by atoms with Gasteiger partial charge < -0.3 is 5.32 Å². The molecule has 2 heterocycles. The van der Waals surface area contributed by atoms with Gasteiger partial charge in [-0.3, -0.25) is 4.98 Å². The van der Waals surface area contributed by atoms with Crippen molar-refractivity contribution in [1.82, 2.24) is 15.3 Å². The second-order valence-electron chi connectivity index (χ2n) is 4.11. The van der Waals surface area contributed by atoms with Gasteiger partial charge in [0.15, 0.2) is 0 Å². The quantitative estimate of drug-likeness (QED) is 0.779. The molecule has 0 aliphatic rings. The van der Waals surface area contributed by atoms with Crippen LogP contribution in [0.3, 0.4) is 0 Å². The Kier molecular flexibility index (Phi) is 3.30. The fourth-order valence-electron chi connectivity index (χ4n) is 1.89. The van der Waals surface area contributed by atoms with Crippen LogP contribution in [0.5, 0.6) is 0 Å². The molecule has 0 atom stereocenters. The van der Waals surface area contributed by atoms with Crippen molar-refractivity contribution in [1.29, 1.82) is 0 Å². The zero-order valence-corrected chi connectivity index (χ0v) is 10.7. The van der Waals surface area contributed by atoms with Gasteiger partial charge in [-0.05, 0) is 23.8 Å². The SMILES string of the molecule is c1cnc2ccc(CNCc3cscn3)cc2c1. The zero-order valence-electron chi connectivity index (χ0n) is 9.84. The van der Waals surface area contributed by atoms with E-state index in [0.29, 0.717) is 0 Å². The zero-order chi connectivity index (χ0) is 12.2. The van der Waals surface area contributed by atoms with E-state index >= 15 is 0 Å². The lowest BCUT2D eigenvalue weighted by Crippen LogP contribution is -2.12. The molecule has 0 saturated carbocycles. The monoisotopic (exact) mass is 255 g/mol. The molecule has 0 amide bonds. The minimum absolute atomic E-state index is 0.814. The molecule has 0 bridgehead atoms. The van der Waals surface area contributed by atoms with E-state index in [2.05, 4.69) is 44.9 Å². The van der Waals surface area contributed by atoms with Gasteiger partial charge in [0.2, 0.25) is 0 Å². The Morgan fingerprint density at radius 2 is 2.11 bits per heavy atom. The van der Waals surface area contributed by atoms with Gasteiger partial charge in [0.1, 0.15) is 0 Å². The Hall–Kier alpha value is -1.78. The van der Waals surface area contributed by atoms with Crippen LogP contribution in [0.1, 0.15) is 11.3 Å². The van der Waals surface area contributed by atoms with Gasteiger partial charge in [-0.25, -0.2) is 4.98 Å². The van der Waals surface area contributed by atoms with Crippen molar-refractivity contribution in [2.24, 2.45) is 0 Å². The lowest BCUT2D eigenvalue weighted by Gasteiger charge is -2.04. The number of benzene rings is 1. The molecular weight excluding hydrogens is 242 g/mol. The predicted octanol–water partition coefficient (Wildman–Crippen LogP) is 2.98. The van der Waals surface area contributed by atoms with Crippen molar-refractivity contribution in [3.05, 3.63) is 58.7 Å². The van der Waals surface area contributed by atoms with Crippen LogP contribution < -0.4 is 5.32 Å². The first-order valence-electron chi connectivity index (χ1n) is 5.83. The number of hydrogen-bond donors (Lipinski definition) is 1. The molecule has 0 unspecified atom stereocenters. The summed E-state index contributed by atoms with van der Waals surface area (Å²) in [4.78, 5) is 8.56. The van der Waals surface area contributed by atoms with Crippen molar-refractivity contribution >= 4 is 22.2 Å². The molecule has 1 aromatic carbocycles. The third kappa shape index (κ3) is 2.55. The van der Waals surface area contributed by atoms with E-state index < -0.39 is 0 Å². The van der Waals surface area contributed by atoms with Gasteiger partial charge in [-0.2, -0.15) is 0 Å². The molecule has 3 aromatic rings. The van der Waals surface area contributed by atoms with Gasteiger partial charge in [-0.15, -0.1) is 11.3 Å². The highest BCUT2D eigenvalue weighted by Crippen LogP contribution is 2.13. The van der Waals surface area contributed by atoms with Crippen LogP contribution in [-0.2, 0) is 13.1 Å². The number of nitrogens with one attached hydrogen (secondary N) is 1. The third-order valence-corrected chi connectivity index (χ3v) is 3.42. The number of pyridine rings is 1. The van der Waals surface area contributed by atoms with Crippen LogP contribution in [0.2, 0.25) is 0 Å². The predicted molar refractivity (Wildman–Crippen MR) is 74.4 cm³/mol. The number of nitrogens with zero attached hydrogens (tertiary/aromatic N) is 2. The van der Waals surface area contributed by atoms with Crippen LogP contribution in [0.4, 0.5) is 0 Å². The Morgan fingerprint density at radius 3 is 3.00 bits per heavy atom. The number of thiazole rings is 1. The second kappa shape index (κ2) is 5.25. The van der Waals surface area contributed by atoms with Crippen molar-refractivity contribution < 1.29 is 0 Å². The third-order valence-electron chi connectivity index (χ3n) is 2.79. The van der Waals surface area contributed by atoms with Crippen molar-refractivity contribution in [3.63, 3.8) is 0 Å². The maximum Gasteiger partial charge on any atom is 0.0795 e. The molecule has 0 radical (unpaired) electrons. The van der Waals surface area contributed by atoms with Crippen molar-refractivity contribution in [2.75, 3.05) is 0 Å². The fourth-order valence-corrected chi connectivity index (χ4v) is 2.45. The molecule has 0 aliphatic heterocycles. The Balaban J connectivity index is 1.67. The summed E-state index contributed by atoms with van der Waals surface area (Å²) in [5, 5.41) is 6.64. The summed E-state index contributed by atoms with van der Waals surface area (Å²) < 4.78 is 0. The Morgan fingerprint density at radius 1 is 1.11 bits per heavy atom. The van der Waals surface area contributed by atoms with E-state index in [9.17, 15) is 0 Å². The maximum atomic E-state index is 4.31. The highest BCUT2D eigenvalue weighted by atomic mass is 32.1. The van der Waals surface area contributed by atoms with Crippen LogP contribution in [0.15, 0.2) is 47.4 Å². The number of aromatic nitrogens is 2. The van der Waals surface area contributed by atoms with E-state index in [1.807, 2.05) is 17.8 Å². The normalized spacial score (nSPS) is 10.9. The van der Waals surface area contributed by atoms with Crippen LogP contribution in [-0.4, -0.2) is 9.97 Å². The molecule has 0 saturated heterocycles. The summed E-state index contributed by atoms with van der Waals surface area (Å²) in [6.45, 7) is 1.66. The van der Waals surface area contributed by atoms with E-state index in [4.69, 9.17) is 0 Å². The summed E-state index contributed by atoms with van der Waals surface area (Å²) in [6, 6.07) is 10.4. The van der Waals surface area contributed by atoms with E-state index in [0.717, 1.165) is 24.3 Å². The van der Waals surface area contributed by atoms with E-state index in [1.165, 1.54) is 10.9 Å². The molecule has 2 aromatic heterocycles. The average molecular weight is 255 g/mol. The first-order chi connectivity index (χ1) is 8.92. The Bertz CT molecular complexity index is 634. The van der Waals surface area contributed by atoms with E-state index in [1.54, 1.807) is 11.3 Å². The van der Waals surface area contributed by atoms with Crippen LogP contribution in [0, 0.1) is 0 Å². The van der Waals surface area contributed by atoms with Gasteiger partial charge in [0.05, 0.1) is 16.7 Å². The molecule has 0 fully saturated rings. The molecule has 0 spiro atoms. The van der Waals surface area contributed by atoms with Gasteiger partial charge in [-0.1, -0.05) is 12.1 Å². The second-order valence-corrected chi connectivity index (χ2v) is 4.83. The summed E-state index contributed by atoms with van der Waals surface area (Å²) >= 11 is 1.63. The smallest absolute Gasteiger partial charge is 0.0795 e. The largest absolute Gasteiger partial charge is 0.307 e. The first-order valence-corrected chi connectivity index (χ1v) is 6.77. The minimum Gasteiger partial charge on any atom is -0.307 e. The molecule has 0 aliphatic carbocycles. The van der Waals surface area contributed by atoms with Gasteiger partial charge in [0.25, 0.3) is 0 Å². The van der Waals surface area contributed by atoms with Crippen molar-refractivity contribution in [3.8, 4) is 0 Å². The van der Waals surface area contributed by atoms with Gasteiger partial charge in [0, 0.05) is 30.1 Å². The standard InChI is InChI=1S/C14H13N3S/c1-2-12-6-11(3-4-14(12)16-5-1)7-15-8-13-9-18-10-17-13/h1-6,9-10,15H,7-8H2. The number of fused-ring (bicyclic) bond motifs is 1. The summed E-state index contributed by atoms with van der Waals surface area (Å²) in [7, 11) is 0. The van der Waals surface area contributed by atoms with Crippen LogP contribution in [0.25, 0.3) is 10.9 Å². The highest BCUT2D eigenvalue weighted by molar-refractivity contribution is 7.07. The lowest BCUT2D eigenvalue weighted by molar-refractivity contribution is 0.683. The van der Waals surface area contributed by atoms with Gasteiger partial charge >= 0.3 is 0 Å². The molecule has 4 heteroatoms. The van der Waals surface area contributed by atoms with Crippen molar-refractivity contribution in [2.45, 2.75) is 13.1 Å². The molecular formula is C14H13N3S. The lowest BCUT2D eigenvalue weighted by atomic mass is 10.1. The average Bonchev–Trinajstić information content (AvgIpc) is 2.92.